The molecule has 0 saturated heterocycles. The average molecular weight is 296 g/mol. The van der Waals surface area contributed by atoms with Crippen molar-refractivity contribution in [3.8, 4) is 11.1 Å². The first-order valence-electron chi connectivity index (χ1n) is 7.99. The minimum absolute atomic E-state index is 0.221. The summed E-state index contributed by atoms with van der Waals surface area (Å²) in [4.78, 5) is 0. The van der Waals surface area contributed by atoms with Gasteiger partial charge in [0, 0.05) is 18.0 Å². The van der Waals surface area contributed by atoms with E-state index in [0.717, 1.165) is 11.4 Å². The van der Waals surface area contributed by atoms with Crippen LogP contribution in [0.25, 0.3) is 11.1 Å². The van der Waals surface area contributed by atoms with E-state index < -0.39 is 6.23 Å². The van der Waals surface area contributed by atoms with Gasteiger partial charge in [0.25, 0.3) is 0 Å². The molecule has 1 aliphatic rings. The molecule has 0 radical (unpaired) electrons. The lowest BCUT2D eigenvalue weighted by Crippen LogP contribution is -2.23. The van der Waals surface area contributed by atoms with Gasteiger partial charge in [-0.05, 0) is 30.0 Å². The van der Waals surface area contributed by atoms with Crippen molar-refractivity contribution in [2.45, 2.75) is 45.4 Å². The van der Waals surface area contributed by atoms with Crippen LogP contribution in [0.1, 0.15) is 38.7 Å². The molecule has 1 unspecified atom stereocenters. The molecule has 22 heavy (non-hydrogen) atoms. The zero-order valence-corrected chi connectivity index (χ0v) is 13.4. The fourth-order valence-electron chi connectivity index (χ4n) is 3.01. The van der Waals surface area contributed by atoms with Crippen LogP contribution in [-0.2, 0) is 0 Å². The monoisotopic (exact) mass is 296 g/mol. The summed E-state index contributed by atoms with van der Waals surface area (Å²) in [6, 6.07) is 15.1. The van der Waals surface area contributed by atoms with Crippen LogP contribution in [0.5, 0.6) is 0 Å². The van der Waals surface area contributed by atoms with Crippen LogP contribution < -0.4 is 10.6 Å². The second-order valence-electron chi connectivity index (χ2n) is 6.45. The van der Waals surface area contributed by atoms with Gasteiger partial charge in [-0.15, -0.1) is 0 Å². The van der Waals surface area contributed by atoms with Gasteiger partial charge in [0.05, 0.1) is 11.4 Å². The topological polar surface area (TPSA) is 44.3 Å². The van der Waals surface area contributed by atoms with Crippen LogP contribution in [-0.4, -0.2) is 17.4 Å². The van der Waals surface area contributed by atoms with Crippen LogP contribution in [0.3, 0.4) is 0 Å². The Hall–Kier alpha value is -2.00. The number of fused-ring (bicyclic) bond motifs is 1. The van der Waals surface area contributed by atoms with E-state index in [9.17, 15) is 5.11 Å². The standard InChI is InChI=1S/C19H24N2O/c1-12(2)14-6-4-7-15(11-14)16-8-5-9-17-19(16)20-13(3)10-18(22)21-17/h4-9,11-13,18,20-22H,10H2,1-3H3/t13-,18?/m1/s1. The number of benzene rings is 2. The minimum Gasteiger partial charge on any atom is -0.380 e. The number of anilines is 2. The summed E-state index contributed by atoms with van der Waals surface area (Å²) in [6.45, 7) is 6.52. The molecule has 1 aliphatic heterocycles. The van der Waals surface area contributed by atoms with Gasteiger partial charge in [-0.1, -0.05) is 50.2 Å². The van der Waals surface area contributed by atoms with Gasteiger partial charge >= 0.3 is 0 Å². The molecule has 116 valence electrons. The smallest absolute Gasteiger partial charge is 0.126 e. The van der Waals surface area contributed by atoms with Crippen LogP contribution in [0.15, 0.2) is 42.5 Å². The fraction of sp³-hybridized carbons (Fsp3) is 0.368. The number of para-hydroxylation sites is 1. The molecule has 3 rings (SSSR count). The first kappa shape index (κ1) is 14.9. The van der Waals surface area contributed by atoms with Gasteiger partial charge in [-0.3, -0.25) is 0 Å². The van der Waals surface area contributed by atoms with Crippen molar-refractivity contribution in [2.75, 3.05) is 10.6 Å². The molecule has 0 aliphatic carbocycles. The van der Waals surface area contributed by atoms with Gasteiger partial charge in [0.2, 0.25) is 0 Å². The molecule has 0 amide bonds. The molecule has 0 fully saturated rings. The number of hydrogen-bond donors (Lipinski definition) is 3. The second kappa shape index (κ2) is 6.01. The van der Waals surface area contributed by atoms with Crippen molar-refractivity contribution in [1.29, 1.82) is 0 Å². The third-order valence-electron chi connectivity index (χ3n) is 4.22. The van der Waals surface area contributed by atoms with E-state index in [0.29, 0.717) is 12.3 Å². The van der Waals surface area contributed by atoms with Crippen molar-refractivity contribution in [1.82, 2.24) is 0 Å². The summed E-state index contributed by atoms with van der Waals surface area (Å²) in [5.41, 5.74) is 5.76. The largest absolute Gasteiger partial charge is 0.380 e. The van der Waals surface area contributed by atoms with E-state index in [4.69, 9.17) is 0 Å². The van der Waals surface area contributed by atoms with Crippen molar-refractivity contribution >= 4 is 11.4 Å². The summed E-state index contributed by atoms with van der Waals surface area (Å²) in [7, 11) is 0. The molecule has 1 heterocycles. The summed E-state index contributed by atoms with van der Waals surface area (Å²) in [5, 5.41) is 16.8. The van der Waals surface area contributed by atoms with Crippen LogP contribution in [0.4, 0.5) is 11.4 Å². The Balaban J connectivity index is 2.09. The van der Waals surface area contributed by atoms with Crippen molar-refractivity contribution in [2.24, 2.45) is 0 Å². The Kier molecular flexibility index (Phi) is 4.08. The quantitative estimate of drug-likeness (QED) is 0.769. The lowest BCUT2D eigenvalue weighted by Gasteiger charge is -2.17. The van der Waals surface area contributed by atoms with E-state index in [1.54, 1.807) is 0 Å². The van der Waals surface area contributed by atoms with E-state index in [2.05, 4.69) is 61.7 Å². The first-order chi connectivity index (χ1) is 10.5. The second-order valence-corrected chi connectivity index (χ2v) is 6.45. The molecular weight excluding hydrogens is 272 g/mol. The van der Waals surface area contributed by atoms with Crippen LogP contribution in [0.2, 0.25) is 0 Å². The maximum absolute atomic E-state index is 10.0. The fourth-order valence-corrected chi connectivity index (χ4v) is 3.01. The number of hydrogen-bond acceptors (Lipinski definition) is 3. The number of nitrogens with one attached hydrogen (secondary N) is 2. The Labute approximate surface area is 132 Å². The zero-order chi connectivity index (χ0) is 15.7. The molecule has 0 saturated carbocycles. The molecule has 3 nitrogen and oxygen atoms in total. The van der Waals surface area contributed by atoms with Gasteiger partial charge in [-0.2, -0.15) is 0 Å². The van der Waals surface area contributed by atoms with Crippen LogP contribution >= 0.6 is 0 Å². The van der Waals surface area contributed by atoms with Gasteiger partial charge in [-0.25, -0.2) is 0 Å². The van der Waals surface area contributed by atoms with Crippen molar-refractivity contribution < 1.29 is 5.11 Å². The molecule has 2 aromatic rings. The van der Waals surface area contributed by atoms with Crippen molar-refractivity contribution in [3.63, 3.8) is 0 Å². The summed E-state index contributed by atoms with van der Waals surface area (Å²) in [5.74, 6) is 0.508. The van der Waals surface area contributed by atoms with E-state index in [1.807, 2.05) is 12.1 Å². The summed E-state index contributed by atoms with van der Waals surface area (Å²) < 4.78 is 0. The molecule has 0 spiro atoms. The predicted octanol–water partition coefficient (Wildman–Crippen LogP) is 4.41. The molecular formula is C19H24N2O. The zero-order valence-electron chi connectivity index (χ0n) is 13.4. The SMILES string of the molecule is CC(C)c1cccc(-c2cccc3c2N[C@H](C)CC(O)N3)c1. The highest BCUT2D eigenvalue weighted by Crippen LogP contribution is 2.37. The van der Waals surface area contributed by atoms with E-state index in [-0.39, 0.29) is 6.04 Å². The Morgan fingerprint density at radius 1 is 1.09 bits per heavy atom. The average Bonchev–Trinajstić information content (AvgIpc) is 2.63. The number of aliphatic hydroxyl groups is 1. The van der Waals surface area contributed by atoms with Crippen LogP contribution in [0, 0.1) is 0 Å². The maximum atomic E-state index is 10.0. The summed E-state index contributed by atoms with van der Waals surface area (Å²) >= 11 is 0. The first-order valence-corrected chi connectivity index (χ1v) is 7.99. The number of rotatable bonds is 2. The van der Waals surface area contributed by atoms with E-state index >= 15 is 0 Å². The highest BCUT2D eigenvalue weighted by atomic mass is 16.3. The van der Waals surface area contributed by atoms with Gasteiger partial charge < -0.3 is 15.7 Å². The van der Waals surface area contributed by atoms with Crippen molar-refractivity contribution in [3.05, 3.63) is 48.0 Å². The van der Waals surface area contributed by atoms with Gasteiger partial charge in [0.1, 0.15) is 6.23 Å². The molecule has 2 atom stereocenters. The normalized spacial score (nSPS) is 20.8. The molecule has 3 heteroatoms. The molecule has 0 bridgehead atoms. The third kappa shape index (κ3) is 2.95. The number of aliphatic hydroxyl groups excluding tert-OH is 1. The molecule has 0 aromatic heterocycles. The lowest BCUT2D eigenvalue weighted by atomic mass is 9.96. The highest BCUT2D eigenvalue weighted by Gasteiger charge is 2.20. The summed E-state index contributed by atoms with van der Waals surface area (Å²) in [6.07, 6.45) is 0.168. The predicted molar refractivity (Wildman–Crippen MR) is 93.3 cm³/mol. The van der Waals surface area contributed by atoms with Gasteiger partial charge in [0.15, 0.2) is 0 Å². The molecule has 3 N–H and O–H groups in total. The molecule has 2 aromatic carbocycles. The minimum atomic E-state index is -0.513. The maximum Gasteiger partial charge on any atom is 0.126 e. The van der Waals surface area contributed by atoms with E-state index in [1.165, 1.54) is 16.7 Å². The Morgan fingerprint density at radius 3 is 2.64 bits per heavy atom. The Morgan fingerprint density at radius 2 is 1.86 bits per heavy atom. The lowest BCUT2D eigenvalue weighted by molar-refractivity contribution is 0.190. The Bertz CT molecular complexity index is 666. The third-order valence-corrected chi connectivity index (χ3v) is 4.22. The highest BCUT2D eigenvalue weighted by molar-refractivity contribution is 5.88.